The van der Waals surface area contributed by atoms with Crippen molar-refractivity contribution in [2.45, 2.75) is 0 Å². The highest BCUT2D eigenvalue weighted by molar-refractivity contribution is 5.48. The molecule has 0 aromatic carbocycles. The Bertz CT molecular complexity index is 1350. The lowest BCUT2D eigenvalue weighted by molar-refractivity contribution is 0.539. The Morgan fingerprint density at radius 1 is 0.750 bits per heavy atom. The van der Waals surface area contributed by atoms with E-state index >= 15 is 0 Å². The molecule has 3 aliphatic carbocycles. The topological polar surface area (TPSA) is 174 Å². The summed E-state index contributed by atoms with van der Waals surface area (Å²) >= 11 is 0. The van der Waals surface area contributed by atoms with Gasteiger partial charge in [0.2, 0.25) is 0 Å². The van der Waals surface area contributed by atoms with Gasteiger partial charge in [-0.3, -0.25) is 20.4 Å². The van der Waals surface area contributed by atoms with Gasteiger partial charge in [0.05, 0.1) is 44.1 Å². The van der Waals surface area contributed by atoms with Gasteiger partial charge in [0.25, 0.3) is 0 Å². The monoisotopic (exact) mass is 324 g/mol. The molecule has 24 heavy (non-hydrogen) atoms. The average Bonchev–Trinajstić information content (AvgIpc) is 2.55. The first-order valence-electron chi connectivity index (χ1n) is 6.73. The molecular weight excluding hydrogens is 312 g/mol. The summed E-state index contributed by atoms with van der Waals surface area (Å²) in [5.41, 5.74) is 9.99. The third-order valence-electron chi connectivity index (χ3n) is 3.96. The third-order valence-corrected chi connectivity index (χ3v) is 3.96. The molecule has 0 heterocycles. The highest BCUT2D eigenvalue weighted by Gasteiger charge is 2.13. The number of aliphatic hydroxyl groups excluding tert-OH is 2. The van der Waals surface area contributed by atoms with E-state index < -0.39 is 10.9 Å². The van der Waals surface area contributed by atoms with Crippen LogP contribution in [0, 0.1) is 31.7 Å². The van der Waals surface area contributed by atoms with E-state index in [1.807, 2.05) is 0 Å². The molecule has 0 unspecified atom stereocenters. The minimum atomic E-state index is -0.726. The lowest BCUT2D eigenvalue weighted by Gasteiger charge is -2.02. The van der Waals surface area contributed by atoms with Crippen LogP contribution < -0.4 is 43.5 Å². The van der Waals surface area contributed by atoms with Crippen LogP contribution in [0.4, 0.5) is 11.4 Å². The van der Waals surface area contributed by atoms with Gasteiger partial charge in [-0.2, -0.15) is 0 Å². The van der Waals surface area contributed by atoms with Gasteiger partial charge in [-0.1, -0.05) is 0 Å². The summed E-state index contributed by atoms with van der Waals surface area (Å²) in [5, 5.41) is 32.7. The Kier molecular flexibility index (Phi) is 3.12. The summed E-state index contributed by atoms with van der Waals surface area (Å²) in [7, 11) is 0. The minimum absolute atomic E-state index is 0.0131. The van der Waals surface area contributed by atoms with E-state index in [0.29, 0.717) is 12.5 Å². The second-order valence-corrected chi connectivity index (χ2v) is 5.28. The maximum Gasteiger partial charge on any atom is 0.198 e. The smallest absolute Gasteiger partial charge is 0.198 e. The molecule has 3 aliphatic rings. The Labute approximate surface area is 131 Å². The quantitative estimate of drug-likeness (QED) is 0.265. The normalized spacial score (nSPS) is 13.2. The van der Waals surface area contributed by atoms with Crippen molar-refractivity contribution < 1.29 is 10.2 Å². The van der Waals surface area contributed by atoms with Crippen molar-refractivity contribution in [2.75, 3.05) is 11.5 Å². The van der Waals surface area contributed by atoms with E-state index in [1.165, 1.54) is 12.1 Å². The van der Waals surface area contributed by atoms with Gasteiger partial charge in [-0.05, 0) is 12.1 Å². The highest BCUT2D eigenvalue weighted by atomic mass is 16.2. The lowest BCUT2D eigenvalue weighted by atomic mass is 10.0. The van der Waals surface area contributed by atoms with Crippen LogP contribution in [0.1, 0.15) is 0 Å². The summed E-state index contributed by atoms with van der Waals surface area (Å²) < 4.78 is 0. The zero-order chi connectivity index (χ0) is 17.8. The fraction of sp³-hybridized carbons (Fsp3) is 0. The van der Waals surface area contributed by atoms with Crippen LogP contribution in [0.5, 0.6) is 0 Å². The van der Waals surface area contributed by atoms with Gasteiger partial charge in [-0.15, -0.1) is 0 Å². The summed E-state index contributed by atoms with van der Waals surface area (Å²) in [6.07, 6.45) is 1.24. The molecular formula is C16H12N4O4. The van der Waals surface area contributed by atoms with Crippen molar-refractivity contribution in [1.82, 2.24) is 0 Å². The van der Waals surface area contributed by atoms with Crippen molar-refractivity contribution >= 4 is 23.9 Å². The van der Waals surface area contributed by atoms with Crippen LogP contribution in [0.15, 0.2) is 21.7 Å². The first kappa shape index (κ1) is 15.2. The largest absolute Gasteiger partial charge is 0.515 e. The summed E-state index contributed by atoms with van der Waals surface area (Å²) in [6.45, 7) is 0. The van der Waals surface area contributed by atoms with Gasteiger partial charge < -0.3 is 21.7 Å². The van der Waals surface area contributed by atoms with Crippen LogP contribution >= 0.6 is 0 Å². The van der Waals surface area contributed by atoms with Crippen LogP contribution in [0.3, 0.4) is 0 Å². The van der Waals surface area contributed by atoms with Crippen LogP contribution in [0.25, 0.3) is 12.5 Å². The number of rotatable bonds is 0. The van der Waals surface area contributed by atoms with E-state index in [2.05, 4.69) is 0 Å². The van der Waals surface area contributed by atoms with Gasteiger partial charge in [0, 0.05) is 21.8 Å². The number of nitrogens with two attached hydrogens (primary N) is 2. The maximum atomic E-state index is 12.8. The number of hydrogen-bond acceptors (Lipinski definition) is 8. The SMILES string of the molecule is N=c1c(=CO)cc(N)c2c(=O)c3c(=N)c(=CO)cc(N)c=3c(=O)c1=2. The fourth-order valence-corrected chi connectivity index (χ4v) is 2.85. The zero-order valence-corrected chi connectivity index (χ0v) is 12.2. The maximum absolute atomic E-state index is 12.8. The standard InChI is InChI=1S/C16H12N4O4/c17-7-1-5(3-21)13(19)11-9(7)15(23)12-10(16(11)24)8(18)2-6(4-22)14(12)20/h1-4,19-22H,17-18H2. The molecule has 0 saturated carbocycles. The first-order chi connectivity index (χ1) is 11.3. The Balaban J connectivity index is 3.05. The number of nitrogen functional groups attached to an aromatic ring is 2. The summed E-state index contributed by atoms with van der Waals surface area (Å²) in [4.78, 5) is 25.6. The van der Waals surface area contributed by atoms with E-state index in [-0.39, 0.29) is 53.4 Å². The molecule has 0 aromatic rings. The molecule has 120 valence electrons. The van der Waals surface area contributed by atoms with Crippen molar-refractivity contribution in [3.63, 3.8) is 0 Å². The van der Waals surface area contributed by atoms with Crippen molar-refractivity contribution in [3.8, 4) is 0 Å². The molecule has 0 saturated heterocycles. The Hall–Kier alpha value is -3.68. The van der Waals surface area contributed by atoms with Gasteiger partial charge in [-0.25, -0.2) is 0 Å². The molecule has 8 heteroatoms. The molecule has 0 bridgehead atoms. The molecule has 8 nitrogen and oxygen atoms in total. The molecule has 0 radical (unpaired) electrons. The van der Waals surface area contributed by atoms with Crippen LogP contribution in [0.2, 0.25) is 0 Å². The van der Waals surface area contributed by atoms with E-state index in [9.17, 15) is 19.8 Å². The molecule has 0 atom stereocenters. The van der Waals surface area contributed by atoms with Gasteiger partial charge in [0.1, 0.15) is 0 Å². The molecule has 8 N–H and O–H groups in total. The van der Waals surface area contributed by atoms with E-state index in [4.69, 9.17) is 22.3 Å². The number of anilines is 2. The highest BCUT2D eigenvalue weighted by Crippen LogP contribution is 2.01. The van der Waals surface area contributed by atoms with Crippen LogP contribution in [-0.2, 0) is 0 Å². The number of aliphatic hydroxyl groups is 2. The Morgan fingerprint density at radius 2 is 1.08 bits per heavy atom. The molecule has 0 aliphatic heterocycles. The molecule has 0 amide bonds. The molecule has 3 rings (SSSR count). The molecule has 0 aromatic heterocycles. The second-order valence-electron chi connectivity index (χ2n) is 5.28. The second kappa shape index (κ2) is 4.92. The van der Waals surface area contributed by atoms with Gasteiger partial charge in [0.15, 0.2) is 10.9 Å². The van der Waals surface area contributed by atoms with Crippen molar-refractivity contribution in [3.05, 3.63) is 74.6 Å². The van der Waals surface area contributed by atoms with Crippen molar-refractivity contribution in [1.29, 1.82) is 10.8 Å². The van der Waals surface area contributed by atoms with E-state index in [0.717, 1.165) is 0 Å². The lowest BCUT2D eigenvalue weighted by Crippen LogP contribution is -2.38. The summed E-state index contributed by atoms with van der Waals surface area (Å²) in [6, 6.07) is 2.40. The predicted octanol–water partition coefficient (Wildman–Crippen LogP) is -2.55. The average molecular weight is 324 g/mol. The summed E-state index contributed by atoms with van der Waals surface area (Å²) in [5.74, 6) is 0. The number of hydrogen-bond donors (Lipinski definition) is 6. The third kappa shape index (κ3) is 1.73. The fourth-order valence-electron chi connectivity index (χ4n) is 2.85. The van der Waals surface area contributed by atoms with Crippen molar-refractivity contribution in [2.24, 2.45) is 0 Å². The Morgan fingerprint density at radius 3 is 1.38 bits per heavy atom. The van der Waals surface area contributed by atoms with E-state index in [1.54, 1.807) is 0 Å². The number of nitrogens with one attached hydrogen (secondary N) is 2. The predicted molar refractivity (Wildman–Crippen MR) is 85.9 cm³/mol. The van der Waals surface area contributed by atoms with Crippen LogP contribution in [-0.4, -0.2) is 10.2 Å². The molecule has 0 spiro atoms. The molecule has 0 fully saturated rings. The first-order valence-corrected chi connectivity index (χ1v) is 6.73. The zero-order valence-electron chi connectivity index (χ0n) is 12.2. The minimum Gasteiger partial charge on any atom is -0.515 e. The van der Waals surface area contributed by atoms with Gasteiger partial charge >= 0.3 is 0 Å².